The van der Waals surface area contributed by atoms with Crippen molar-refractivity contribution in [1.29, 1.82) is 0 Å². The maximum atomic E-state index is 14.2. The van der Waals surface area contributed by atoms with Gasteiger partial charge in [0.05, 0.1) is 23.2 Å². The van der Waals surface area contributed by atoms with Crippen molar-refractivity contribution in [3.63, 3.8) is 0 Å². The third-order valence-electron chi connectivity index (χ3n) is 5.95. The molecule has 1 aliphatic carbocycles. The summed E-state index contributed by atoms with van der Waals surface area (Å²) in [4.78, 5) is 19.8. The van der Waals surface area contributed by atoms with E-state index in [0.29, 0.717) is 53.8 Å². The van der Waals surface area contributed by atoms with Crippen LogP contribution in [0.4, 0.5) is 8.78 Å². The lowest BCUT2D eigenvalue weighted by Crippen LogP contribution is -2.06. The molecule has 1 aliphatic rings. The number of carbonyl (C=O) groups is 1. The van der Waals surface area contributed by atoms with Gasteiger partial charge in [0.25, 0.3) is 0 Å². The Morgan fingerprint density at radius 3 is 2.56 bits per heavy atom. The van der Waals surface area contributed by atoms with Crippen LogP contribution in [0.1, 0.15) is 30.4 Å². The largest absolute Gasteiger partial charge is 0.481 e. The number of rotatable bonds is 9. The van der Waals surface area contributed by atoms with Crippen LogP contribution in [-0.2, 0) is 17.8 Å². The smallest absolute Gasteiger partial charge is 0.303 e. The lowest BCUT2D eigenvalue weighted by atomic mass is 10.1. The SMILES string of the molecule is O=C(O)CCc1ccc(Cn2c(-c3cccnc3OCC3CC3)nc3cc(F)c(F)cc32)cc1. The van der Waals surface area contributed by atoms with Gasteiger partial charge in [0.15, 0.2) is 11.6 Å². The Morgan fingerprint density at radius 1 is 1.09 bits per heavy atom. The number of benzene rings is 2. The van der Waals surface area contributed by atoms with Crippen molar-refractivity contribution in [2.24, 2.45) is 5.92 Å². The Balaban J connectivity index is 1.53. The van der Waals surface area contributed by atoms with Crippen LogP contribution >= 0.6 is 0 Å². The van der Waals surface area contributed by atoms with Crippen LogP contribution in [0.5, 0.6) is 5.88 Å². The number of carboxylic acids is 1. The molecule has 6 nitrogen and oxygen atoms in total. The molecule has 5 rings (SSSR count). The summed E-state index contributed by atoms with van der Waals surface area (Å²) in [6.45, 7) is 0.929. The Kier molecular flexibility index (Phi) is 5.96. The second kappa shape index (κ2) is 9.21. The molecular formula is C26H23F2N3O3. The highest BCUT2D eigenvalue weighted by atomic mass is 19.2. The molecule has 0 spiro atoms. The average molecular weight is 463 g/mol. The molecule has 2 aromatic heterocycles. The van der Waals surface area contributed by atoms with Gasteiger partial charge in [-0.25, -0.2) is 18.7 Å². The van der Waals surface area contributed by atoms with E-state index in [4.69, 9.17) is 9.84 Å². The maximum Gasteiger partial charge on any atom is 0.303 e. The van der Waals surface area contributed by atoms with Gasteiger partial charge in [-0.3, -0.25) is 4.79 Å². The highest BCUT2D eigenvalue weighted by molar-refractivity contribution is 5.82. The van der Waals surface area contributed by atoms with Gasteiger partial charge in [-0.1, -0.05) is 24.3 Å². The lowest BCUT2D eigenvalue weighted by molar-refractivity contribution is -0.136. The third kappa shape index (κ3) is 4.76. The molecule has 1 fully saturated rings. The highest BCUT2D eigenvalue weighted by Crippen LogP contribution is 2.34. The fraction of sp³-hybridized carbons (Fsp3) is 0.269. The molecule has 34 heavy (non-hydrogen) atoms. The van der Waals surface area contributed by atoms with Gasteiger partial charge in [0, 0.05) is 31.3 Å². The zero-order valence-corrected chi connectivity index (χ0v) is 18.4. The molecule has 8 heteroatoms. The Morgan fingerprint density at radius 2 is 1.82 bits per heavy atom. The number of pyridine rings is 1. The first-order valence-corrected chi connectivity index (χ1v) is 11.2. The van der Waals surface area contributed by atoms with E-state index < -0.39 is 17.6 Å². The molecule has 1 saturated carbocycles. The molecule has 1 N–H and O–H groups in total. The minimum atomic E-state index is -0.956. The second-order valence-electron chi connectivity index (χ2n) is 8.60. The van der Waals surface area contributed by atoms with Gasteiger partial charge < -0.3 is 14.4 Å². The summed E-state index contributed by atoms with van der Waals surface area (Å²) in [6.07, 6.45) is 4.43. The number of nitrogens with zero attached hydrogens (tertiary/aromatic N) is 3. The summed E-state index contributed by atoms with van der Waals surface area (Å²) in [7, 11) is 0. The third-order valence-corrected chi connectivity index (χ3v) is 5.95. The normalized spacial score (nSPS) is 13.4. The van der Waals surface area contributed by atoms with E-state index in [1.165, 1.54) is 0 Å². The highest BCUT2D eigenvalue weighted by Gasteiger charge is 2.24. The molecule has 2 heterocycles. The van der Waals surface area contributed by atoms with Crippen molar-refractivity contribution in [2.75, 3.05) is 6.61 Å². The maximum absolute atomic E-state index is 14.2. The number of carboxylic acid groups (broad SMARTS) is 1. The minimum absolute atomic E-state index is 0.0606. The molecule has 174 valence electrons. The van der Waals surface area contributed by atoms with Crippen LogP contribution in [0.2, 0.25) is 0 Å². The number of aromatic nitrogens is 3. The predicted molar refractivity (Wildman–Crippen MR) is 123 cm³/mol. The van der Waals surface area contributed by atoms with Crippen LogP contribution in [0.15, 0.2) is 54.7 Å². The number of aryl methyl sites for hydroxylation is 1. The van der Waals surface area contributed by atoms with Gasteiger partial charge >= 0.3 is 5.97 Å². The number of aliphatic carboxylic acids is 1. The summed E-state index contributed by atoms with van der Waals surface area (Å²) in [5.41, 5.74) is 3.27. The van der Waals surface area contributed by atoms with Crippen LogP contribution in [0.25, 0.3) is 22.4 Å². The first-order chi connectivity index (χ1) is 16.5. The van der Waals surface area contributed by atoms with Gasteiger partial charge in [0.1, 0.15) is 5.82 Å². The lowest BCUT2D eigenvalue weighted by Gasteiger charge is -2.13. The number of fused-ring (bicyclic) bond motifs is 1. The van der Waals surface area contributed by atoms with Crippen molar-refractivity contribution in [3.05, 3.63) is 77.5 Å². The summed E-state index contributed by atoms with van der Waals surface area (Å²) in [6, 6.07) is 13.4. The van der Waals surface area contributed by atoms with Gasteiger partial charge in [-0.2, -0.15) is 0 Å². The Labute approximate surface area is 194 Å². The molecule has 0 atom stereocenters. The summed E-state index contributed by atoms with van der Waals surface area (Å²) < 4.78 is 36.0. The Bertz CT molecular complexity index is 1350. The summed E-state index contributed by atoms with van der Waals surface area (Å²) in [5, 5.41) is 8.89. The van der Waals surface area contributed by atoms with Crippen molar-refractivity contribution in [2.45, 2.75) is 32.2 Å². The van der Waals surface area contributed by atoms with Crippen molar-refractivity contribution >= 4 is 17.0 Å². The van der Waals surface area contributed by atoms with E-state index in [-0.39, 0.29) is 6.42 Å². The van der Waals surface area contributed by atoms with E-state index in [9.17, 15) is 13.6 Å². The predicted octanol–water partition coefficient (Wildman–Crippen LogP) is 5.23. The fourth-order valence-electron chi connectivity index (χ4n) is 3.89. The summed E-state index contributed by atoms with van der Waals surface area (Å²) in [5.74, 6) is -1.26. The zero-order chi connectivity index (χ0) is 23.7. The number of hydrogen-bond acceptors (Lipinski definition) is 4. The molecule has 0 saturated heterocycles. The van der Waals surface area contributed by atoms with Gasteiger partial charge in [-0.05, 0) is 48.4 Å². The second-order valence-corrected chi connectivity index (χ2v) is 8.60. The average Bonchev–Trinajstić information content (AvgIpc) is 3.61. The van der Waals surface area contributed by atoms with E-state index in [1.807, 2.05) is 34.9 Å². The first-order valence-electron chi connectivity index (χ1n) is 11.2. The molecule has 0 amide bonds. The minimum Gasteiger partial charge on any atom is -0.481 e. The quantitative estimate of drug-likeness (QED) is 0.368. The zero-order valence-electron chi connectivity index (χ0n) is 18.4. The van der Waals surface area contributed by atoms with Crippen molar-refractivity contribution in [1.82, 2.24) is 14.5 Å². The molecule has 0 radical (unpaired) electrons. The van der Waals surface area contributed by atoms with Crippen molar-refractivity contribution < 1.29 is 23.4 Å². The summed E-state index contributed by atoms with van der Waals surface area (Å²) >= 11 is 0. The topological polar surface area (TPSA) is 77.2 Å². The van der Waals surface area contributed by atoms with E-state index >= 15 is 0 Å². The molecule has 0 bridgehead atoms. The van der Waals surface area contributed by atoms with E-state index in [0.717, 1.165) is 36.1 Å². The Hall–Kier alpha value is -3.81. The molecule has 0 aliphatic heterocycles. The van der Waals surface area contributed by atoms with E-state index in [1.54, 1.807) is 12.3 Å². The molecular weight excluding hydrogens is 440 g/mol. The molecule has 2 aromatic carbocycles. The molecule has 4 aromatic rings. The van der Waals surface area contributed by atoms with Crippen LogP contribution in [0, 0.1) is 17.6 Å². The van der Waals surface area contributed by atoms with Crippen LogP contribution in [0.3, 0.4) is 0 Å². The van der Waals surface area contributed by atoms with Crippen LogP contribution < -0.4 is 4.74 Å². The number of ether oxygens (including phenoxy) is 1. The monoisotopic (exact) mass is 463 g/mol. The van der Waals surface area contributed by atoms with Crippen molar-refractivity contribution in [3.8, 4) is 17.3 Å². The number of halogens is 2. The standard InChI is InChI=1S/C26H23F2N3O3/c27-20-12-22-23(13-21(20)28)31(14-17-5-3-16(4-6-17)9-10-24(32)33)25(30-22)19-2-1-11-29-26(19)34-15-18-7-8-18/h1-6,11-13,18H,7-10,14-15H2,(H,32,33). The number of hydrogen-bond donors (Lipinski definition) is 1. The van der Waals surface area contributed by atoms with Crippen LogP contribution in [-0.4, -0.2) is 32.2 Å². The van der Waals surface area contributed by atoms with Gasteiger partial charge in [-0.15, -0.1) is 0 Å². The van der Waals surface area contributed by atoms with Gasteiger partial charge in [0.2, 0.25) is 5.88 Å². The fourth-order valence-corrected chi connectivity index (χ4v) is 3.89. The number of imidazole rings is 1. The molecule has 0 unspecified atom stereocenters. The van der Waals surface area contributed by atoms with E-state index in [2.05, 4.69) is 9.97 Å². The first kappa shape index (κ1) is 22.0.